The van der Waals surface area contributed by atoms with E-state index in [0.717, 1.165) is 63.8 Å². The second kappa shape index (κ2) is 17.9. The molecule has 3 aliphatic carbocycles. The first-order valence-corrected chi connectivity index (χ1v) is 23.5. The van der Waals surface area contributed by atoms with E-state index in [1.54, 1.807) is 16.2 Å². The van der Waals surface area contributed by atoms with E-state index in [0.29, 0.717) is 17.7 Å². The highest BCUT2D eigenvalue weighted by Gasteiger charge is 2.54. The normalized spacial score (nSPS) is 19.8. The molecule has 65 heavy (non-hydrogen) atoms. The molecule has 6 aromatic carbocycles. The van der Waals surface area contributed by atoms with Gasteiger partial charge in [-0.15, -0.1) is 31.1 Å². The first-order valence-electron chi connectivity index (χ1n) is 24.7. The molecule has 1 aromatic heterocycles. The minimum Gasteiger partial charge on any atom is -0.318 e. The van der Waals surface area contributed by atoms with Crippen LogP contribution in [0.25, 0.3) is 49.0 Å². The Kier molecular flexibility index (Phi) is 10.3. The molecule has 0 bridgehead atoms. The molecule has 0 N–H and O–H groups in total. The van der Waals surface area contributed by atoms with Crippen LogP contribution in [0.5, 0.6) is 0 Å². The van der Waals surface area contributed by atoms with Crippen molar-refractivity contribution >= 4 is 54.9 Å². The largest absolute Gasteiger partial charge is 0.318 e. The minimum absolute atomic E-state index is 0.0708. The zero-order chi connectivity index (χ0) is 48.0. The SMILES string of the molecule is [2H]c1c([2H])c(N(/C=C/C2C(C=C)c3ccccc3C2(c2ccccc2)C(C=C)CC=C)C(=C)/C=C\C(=C)c2cccc3c2sc2ccccc23)c([2H])c([2H])c1-c1cc2c(c3c1C=CCC3)CCC=C2. The molecule has 10 rings (SSSR count). The van der Waals surface area contributed by atoms with E-state index in [-0.39, 0.29) is 47.6 Å². The van der Waals surface area contributed by atoms with Crippen molar-refractivity contribution in [2.75, 3.05) is 4.90 Å². The molecule has 318 valence electrons. The molecule has 0 saturated carbocycles. The van der Waals surface area contributed by atoms with Crippen LogP contribution in [0, 0.1) is 11.8 Å². The maximum atomic E-state index is 9.88. The smallest absolute Gasteiger partial charge is 0.0645 e. The number of hydrogen-bond donors (Lipinski definition) is 0. The van der Waals surface area contributed by atoms with Gasteiger partial charge in [-0.2, -0.15) is 0 Å². The van der Waals surface area contributed by atoms with Crippen LogP contribution in [-0.2, 0) is 18.3 Å². The summed E-state index contributed by atoms with van der Waals surface area (Å²) in [5.41, 5.74) is 10.9. The van der Waals surface area contributed by atoms with Crippen LogP contribution in [0.3, 0.4) is 0 Å². The highest BCUT2D eigenvalue weighted by molar-refractivity contribution is 7.26. The monoisotopic (exact) mass is 861 g/mol. The van der Waals surface area contributed by atoms with Gasteiger partial charge in [0.15, 0.2) is 0 Å². The van der Waals surface area contributed by atoms with Gasteiger partial charge in [-0.25, -0.2) is 0 Å². The van der Waals surface area contributed by atoms with Crippen molar-refractivity contribution in [1.82, 2.24) is 0 Å². The Morgan fingerprint density at radius 2 is 1.54 bits per heavy atom. The molecule has 3 aliphatic rings. The van der Waals surface area contributed by atoms with E-state index in [2.05, 4.69) is 160 Å². The van der Waals surface area contributed by atoms with E-state index in [1.165, 1.54) is 37.7 Å². The number of allylic oxidation sites excluding steroid dienone is 9. The Hall–Kier alpha value is -7.00. The van der Waals surface area contributed by atoms with Crippen molar-refractivity contribution in [2.24, 2.45) is 11.8 Å². The van der Waals surface area contributed by atoms with Crippen LogP contribution in [-0.4, -0.2) is 0 Å². The third-order valence-electron chi connectivity index (χ3n) is 13.9. The summed E-state index contributed by atoms with van der Waals surface area (Å²) in [5.74, 6) is -0.423. The molecule has 7 aromatic rings. The van der Waals surface area contributed by atoms with Gasteiger partial charge in [0.25, 0.3) is 0 Å². The molecule has 1 heterocycles. The highest BCUT2D eigenvalue weighted by Crippen LogP contribution is 2.60. The summed E-state index contributed by atoms with van der Waals surface area (Å²) in [6.07, 6.45) is 26.9. The average molecular weight is 862 g/mol. The Morgan fingerprint density at radius 1 is 0.800 bits per heavy atom. The summed E-state index contributed by atoms with van der Waals surface area (Å²) >= 11 is 1.74. The van der Waals surface area contributed by atoms with Gasteiger partial charge in [0.2, 0.25) is 0 Å². The predicted molar refractivity (Wildman–Crippen MR) is 283 cm³/mol. The molecular weight excluding hydrogens is 803 g/mol. The van der Waals surface area contributed by atoms with Gasteiger partial charge in [-0.1, -0.05) is 171 Å². The van der Waals surface area contributed by atoms with Crippen molar-refractivity contribution in [3.8, 4) is 11.1 Å². The molecule has 0 aliphatic heterocycles. The molecule has 4 atom stereocenters. The van der Waals surface area contributed by atoms with Gasteiger partial charge in [0.1, 0.15) is 0 Å². The summed E-state index contributed by atoms with van der Waals surface area (Å²) in [6, 6.07) is 35.5. The third-order valence-corrected chi connectivity index (χ3v) is 15.1. The maximum absolute atomic E-state index is 9.88. The van der Waals surface area contributed by atoms with Gasteiger partial charge < -0.3 is 4.90 Å². The van der Waals surface area contributed by atoms with Gasteiger partial charge in [-0.3, -0.25) is 0 Å². The molecule has 0 amide bonds. The summed E-state index contributed by atoms with van der Waals surface area (Å²) in [6.45, 7) is 22.2. The van der Waals surface area contributed by atoms with Crippen molar-refractivity contribution < 1.29 is 5.48 Å². The van der Waals surface area contributed by atoms with E-state index in [1.807, 2.05) is 42.6 Å². The number of fused-ring (bicyclic) bond motifs is 7. The molecule has 0 fully saturated rings. The number of thiophene rings is 1. The second-order valence-electron chi connectivity index (χ2n) is 17.3. The fourth-order valence-corrected chi connectivity index (χ4v) is 12.2. The van der Waals surface area contributed by atoms with Crippen molar-refractivity contribution in [2.45, 2.75) is 43.4 Å². The number of nitrogens with zero attached hydrogens (tertiary/aromatic N) is 1. The van der Waals surface area contributed by atoms with Gasteiger partial charge in [0, 0.05) is 55.0 Å². The molecule has 0 radical (unpaired) electrons. The first kappa shape index (κ1) is 37.4. The van der Waals surface area contributed by atoms with Crippen LogP contribution < -0.4 is 4.90 Å². The zero-order valence-corrected chi connectivity index (χ0v) is 37.6. The summed E-state index contributed by atoms with van der Waals surface area (Å²) in [7, 11) is 0. The quantitative estimate of drug-likeness (QED) is 0.0778. The van der Waals surface area contributed by atoms with Crippen molar-refractivity contribution in [3.05, 3.63) is 265 Å². The van der Waals surface area contributed by atoms with Crippen molar-refractivity contribution in [3.63, 3.8) is 0 Å². The first-order chi connectivity index (χ1) is 33.6. The summed E-state index contributed by atoms with van der Waals surface area (Å²) < 4.78 is 41.7. The van der Waals surface area contributed by atoms with Crippen LogP contribution in [0.15, 0.2) is 221 Å². The molecule has 1 nitrogen and oxygen atoms in total. The average Bonchev–Trinajstić information content (AvgIpc) is 3.91. The lowest BCUT2D eigenvalue weighted by atomic mass is 9.59. The van der Waals surface area contributed by atoms with Crippen LogP contribution in [0.2, 0.25) is 0 Å². The lowest BCUT2D eigenvalue weighted by Crippen LogP contribution is -2.40. The molecular formula is C63H55NS. The Bertz CT molecular complexity index is 3350. The standard InChI is InChI=1S/C63H55NS/c1-6-21-47(7-2)63(48-23-10-9-11-24-48)59-32-18-16-28-55(59)50(8-3)60(63)40-41-64(44(5)35-34-43(4)51-30-20-31-57-56-29-17-19-33-61(56)65-62(51)57)49-38-36-45(37-39-49)58-42-46-22-12-13-25-52(46)53-26-14-15-27-54(53)58/h6-12,15-20,22-24,27-42,47,50,60H,1-5,13-14,21,25-26H2/b35-34-,41-40+/i36D,37D,38D,39D. The number of benzene rings is 6. The zero-order valence-electron chi connectivity index (χ0n) is 40.8. The van der Waals surface area contributed by atoms with Gasteiger partial charge >= 0.3 is 0 Å². The number of hydrogen-bond acceptors (Lipinski definition) is 2. The summed E-state index contributed by atoms with van der Waals surface area (Å²) in [4.78, 5) is 1.74. The molecule has 0 saturated heterocycles. The fraction of sp³-hybridized carbons (Fsp3) is 0.143. The van der Waals surface area contributed by atoms with Crippen molar-refractivity contribution in [1.29, 1.82) is 0 Å². The van der Waals surface area contributed by atoms with Gasteiger partial charge in [-0.05, 0) is 130 Å². The maximum Gasteiger partial charge on any atom is 0.0645 e. The third kappa shape index (κ3) is 7.27. The lowest BCUT2D eigenvalue weighted by molar-refractivity contribution is 0.303. The summed E-state index contributed by atoms with van der Waals surface area (Å²) in [5, 5.41) is 2.38. The highest BCUT2D eigenvalue weighted by atomic mass is 32.1. The molecule has 4 unspecified atom stereocenters. The van der Waals surface area contributed by atoms with E-state index < -0.39 is 5.41 Å². The molecule has 0 spiro atoms. The molecule has 2 heteroatoms. The Morgan fingerprint density at radius 3 is 2.34 bits per heavy atom. The van der Waals surface area contributed by atoms with E-state index >= 15 is 0 Å². The van der Waals surface area contributed by atoms with E-state index in [9.17, 15) is 5.48 Å². The Labute approximate surface area is 395 Å². The number of anilines is 1. The predicted octanol–water partition coefficient (Wildman–Crippen LogP) is 17.0. The van der Waals surface area contributed by atoms with Crippen LogP contribution in [0.4, 0.5) is 5.69 Å². The fourth-order valence-electron chi connectivity index (χ4n) is 11.0. The van der Waals surface area contributed by atoms with Crippen LogP contribution in [0.1, 0.15) is 75.2 Å². The second-order valence-corrected chi connectivity index (χ2v) is 18.4. The lowest BCUT2D eigenvalue weighted by Gasteiger charge is -2.43. The van der Waals surface area contributed by atoms with E-state index in [4.69, 9.17) is 0 Å². The van der Waals surface area contributed by atoms with Crippen LogP contribution >= 0.6 is 11.3 Å². The van der Waals surface area contributed by atoms with Gasteiger partial charge in [0.05, 0.1) is 5.48 Å². The topological polar surface area (TPSA) is 3.24 Å². The minimum atomic E-state index is -0.616. The Balaban J connectivity index is 1.16. The number of rotatable bonds is 14.